The van der Waals surface area contributed by atoms with Gasteiger partial charge < -0.3 is 10.2 Å². The Kier molecular flexibility index (Phi) is 5.55. The summed E-state index contributed by atoms with van der Waals surface area (Å²) in [5.74, 6) is -0.388. The van der Waals surface area contributed by atoms with Crippen LogP contribution in [-0.2, 0) is 16.4 Å². The number of pyridine rings is 1. The van der Waals surface area contributed by atoms with Crippen molar-refractivity contribution in [3.8, 4) is 0 Å². The molecule has 1 aromatic heterocycles. The quantitative estimate of drug-likeness (QED) is 0.833. The van der Waals surface area contributed by atoms with Crippen LogP contribution in [0.2, 0.25) is 0 Å². The summed E-state index contributed by atoms with van der Waals surface area (Å²) in [6, 6.07) is 11.5. The summed E-state index contributed by atoms with van der Waals surface area (Å²) >= 11 is 0. The average Bonchev–Trinajstić information content (AvgIpc) is 3.05. The lowest BCUT2D eigenvalue weighted by molar-refractivity contribution is 0.0747. The topological polar surface area (TPSA) is 96.4 Å². The Labute approximate surface area is 158 Å². The molecule has 8 heteroatoms. The minimum absolute atomic E-state index is 0.00323. The molecular formula is C19H21N3O4S. The van der Waals surface area contributed by atoms with Gasteiger partial charge in [-0.2, -0.15) is 0 Å². The molecular weight excluding hydrogens is 366 g/mol. The maximum atomic E-state index is 12.6. The summed E-state index contributed by atoms with van der Waals surface area (Å²) < 4.78 is 23.2. The van der Waals surface area contributed by atoms with Gasteiger partial charge in [-0.25, -0.2) is 8.42 Å². The van der Waals surface area contributed by atoms with Crippen molar-refractivity contribution in [3.63, 3.8) is 0 Å². The van der Waals surface area contributed by atoms with Crippen LogP contribution in [0, 0.1) is 0 Å². The van der Waals surface area contributed by atoms with Gasteiger partial charge in [0.25, 0.3) is 11.8 Å². The molecule has 1 saturated heterocycles. The van der Waals surface area contributed by atoms with Gasteiger partial charge >= 0.3 is 0 Å². The van der Waals surface area contributed by atoms with E-state index in [1.165, 1.54) is 4.90 Å². The molecule has 0 spiro atoms. The molecule has 0 bridgehead atoms. The van der Waals surface area contributed by atoms with Gasteiger partial charge in [0.2, 0.25) is 0 Å². The Bertz CT molecular complexity index is 927. The number of carbonyl (C=O) groups excluding carboxylic acids is 2. The van der Waals surface area contributed by atoms with Gasteiger partial charge in [0.05, 0.1) is 23.7 Å². The van der Waals surface area contributed by atoms with Crippen molar-refractivity contribution < 1.29 is 18.0 Å². The molecule has 27 heavy (non-hydrogen) atoms. The third-order valence-electron chi connectivity index (χ3n) is 4.63. The summed E-state index contributed by atoms with van der Waals surface area (Å²) in [6.07, 6.45) is 2.12. The van der Waals surface area contributed by atoms with Crippen LogP contribution in [0.25, 0.3) is 0 Å². The summed E-state index contributed by atoms with van der Waals surface area (Å²) in [4.78, 5) is 30.4. The number of rotatable bonds is 5. The zero-order valence-electron chi connectivity index (χ0n) is 15.0. The molecule has 0 saturated carbocycles. The van der Waals surface area contributed by atoms with Gasteiger partial charge in [-0.1, -0.05) is 6.07 Å². The van der Waals surface area contributed by atoms with Crippen LogP contribution < -0.4 is 5.32 Å². The Morgan fingerprint density at radius 1 is 1.15 bits per heavy atom. The normalized spacial score (nSPS) is 18.0. The number of nitrogens with one attached hydrogen (secondary N) is 1. The third kappa shape index (κ3) is 4.71. The number of hydrogen-bond donors (Lipinski definition) is 1. The van der Waals surface area contributed by atoms with Crippen molar-refractivity contribution in [2.24, 2.45) is 0 Å². The molecule has 1 atom stereocenters. The number of amides is 2. The van der Waals surface area contributed by atoms with E-state index >= 15 is 0 Å². The largest absolute Gasteiger partial charge is 0.346 e. The Morgan fingerprint density at radius 3 is 2.44 bits per heavy atom. The molecule has 1 aromatic carbocycles. The summed E-state index contributed by atoms with van der Waals surface area (Å²) in [7, 11) is -1.44. The maximum Gasteiger partial charge on any atom is 0.253 e. The van der Waals surface area contributed by atoms with Crippen molar-refractivity contribution >= 4 is 21.7 Å². The highest BCUT2D eigenvalue weighted by atomic mass is 32.2. The molecule has 7 nitrogen and oxygen atoms in total. The van der Waals surface area contributed by atoms with Crippen molar-refractivity contribution in [1.82, 2.24) is 15.2 Å². The fraction of sp³-hybridized carbons (Fsp3) is 0.316. The third-order valence-corrected chi connectivity index (χ3v) is 6.38. The molecule has 142 valence electrons. The number of benzene rings is 1. The van der Waals surface area contributed by atoms with E-state index < -0.39 is 9.84 Å². The highest BCUT2D eigenvalue weighted by molar-refractivity contribution is 7.91. The van der Waals surface area contributed by atoms with Crippen molar-refractivity contribution in [1.29, 1.82) is 0 Å². The van der Waals surface area contributed by atoms with Crippen molar-refractivity contribution in [2.75, 3.05) is 18.6 Å². The van der Waals surface area contributed by atoms with E-state index in [4.69, 9.17) is 0 Å². The van der Waals surface area contributed by atoms with E-state index in [-0.39, 0.29) is 29.4 Å². The highest BCUT2D eigenvalue weighted by Gasteiger charge is 2.33. The van der Waals surface area contributed by atoms with E-state index in [1.54, 1.807) is 43.6 Å². The van der Waals surface area contributed by atoms with Gasteiger partial charge in [0, 0.05) is 30.4 Å². The lowest BCUT2D eigenvalue weighted by Gasteiger charge is -2.23. The number of hydrogen-bond acceptors (Lipinski definition) is 5. The highest BCUT2D eigenvalue weighted by Crippen LogP contribution is 2.18. The minimum atomic E-state index is -3.06. The molecule has 2 heterocycles. The molecule has 0 aliphatic carbocycles. The van der Waals surface area contributed by atoms with Crippen LogP contribution in [-0.4, -0.2) is 54.7 Å². The van der Waals surface area contributed by atoms with Gasteiger partial charge in [-0.15, -0.1) is 0 Å². The van der Waals surface area contributed by atoms with Crippen LogP contribution >= 0.6 is 0 Å². The first-order valence-corrected chi connectivity index (χ1v) is 10.4. The number of aromatic nitrogens is 1. The average molecular weight is 387 g/mol. The second-order valence-electron chi connectivity index (χ2n) is 6.55. The molecule has 2 amide bonds. The van der Waals surface area contributed by atoms with Crippen molar-refractivity contribution in [3.05, 3.63) is 65.5 Å². The van der Waals surface area contributed by atoms with E-state index in [0.717, 1.165) is 5.69 Å². The fourth-order valence-corrected chi connectivity index (χ4v) is 4.76. The molecule has 3 rings (SSSR count). The van der Waals surface area contributed by atoms with E-state index in [2.05, 4.69) is 10.3 Å². The second kappa shape index (κ2) is 7.87. The molecule has 1 aliphatic heterocycles. The second-order valence-corrected chi connectivity index (χ2v) is 8.78. The van der Waals surface area contributed by atoms with E-state index in [9.17, 15) is 18.0 Å². The zero-order valence-corrected chi connectivity index (χ0v) is 15.8. The standard InChI is InChI=1S/C19H21N3O4S/c1-22(17-9-11-27(25,26)13-17)19(24)15-7-5-14(6-8-15)18(23)21-12-16-4-2-3-10-20-16/h2-8,10,17H,9,11-13H2,1H3,(H,21,23). The summed E-state index contributed by atoms with van der Waals surface area (Å²) in [5, 5.41) is 2.78. The first-order valence-electron chi connectivity index (χ1n) is 8.61. The van der Waals surface area contributed by atoms with E-state index in [1.807, 2.05) is 12.1 Å². The summed E-state index contributed by atoms with van der Waals surface area (Å²) in [6.45, 7) is 0.319. The SMILES string of the molecule is CN(C(=O)c1ccc(C(=O)NCc2ccccn2)cc1)C1CCS(=O)(=O)C1. The summed E-state index contributed by atoms with van der Waals surface area (Å²) in [5.41, 5.74) is 1.61. The smallest absolute Gasteiger partial charge is 0.253 e. The molecule has 1 unspecified atom stereocenters. The zero-order chi connectivity index (χ0) is 19.4. The first kappa shape index (κ1) is 19.0. The van der Waals surface area contributed by atoms with Crippen LogP contribution in [0.15, 0.2) is 48.7 Å². The Balaban J connectivity index is 1.60. The number of nitrogens with zero attached hydrogens (tertiary/aromatic N) is 2. The Morgan fingerprint density at radius 2 is 1.85 bits per heavy atom. The molecule has 1 fully saturated rings. The van der Waals surface area contributed by atoms with Crippen LogP contribution in [0.4, 0.5) is 0 Å². The predicted molar refractivity (Wildman–Crippen MR) is 101 cm³/mol. The van der Waals surface area contributed by atoms with Gasteiger partial charge in [-0.05, 0) is 42.8 Å². The number of sulfone groups is 1. The van der Waals surface area contributed by atoms with Gasteiger partial charge in [0.1, 0.15) is 0 Å². The maximum absolute atomic E-state index is 12.6. The molecule has 0 radical (unpaired) electrons. The Hall–Kier alpha value is -2.74. The van der Waals surface area contributed by atoms with Crippen LogP contribution in [0.1, 0.15) is 32.8 Å². The number of carbonyl (C=O) groups is 2. The molecule has 1 N–H and O–H groups in total. The molecule has 1 aliphatic rings. The van der Waals surface area contributed by atoms with Crippen LogP contribution in [0.3, 0.4) is 0 Å². The molecule has 2 aromatic rings. The van der Waals surface area contributed by atoms with Crippen LogP contribution in [0.5, 0.6) is 0 Å². The van der Waals surface area contributed by atoms with E-state index in [0.29, 0.717) is 24.1 Å². The predicted octanol–water partition coefficient (Wildman–Crippen LogP) is 1.27. The van der Waals surface area contributed by atoms with Crippen molar-refractivity contribution in [2.45, 2.75) is 19.0 Å². The monoisotopic (exact) mass is 387 g/mol. The first-order chi connectivity index (χ1) is 12.9. The van der Waals surface area contributed by atoms with Gasteiger partial charge in [0.15, 0.2) is 9.84 Å². The van der Waals surface area contributed by atoms with Gasteiger partial charge in [-0.3, -0.25) is 14.6 Å². The lowest BCUT2D eigenvalue weighted by Crippen LogP contribution is -2.37. The lowest BCUT2D eigenvalue weighted by atomic mass is 10.1. The minimum Gasteiger partial charge on any atom is -0.346 e. The fourth-order valence-electron chi connectivity index (χ4n) is 2.99.